The molecule has 3 aromatic rings. The van der Waals surface area contributed by atoms with E-state index >= 15 is 0 Å². The van der Waals surface area contributed by atoms with E-state index in [1.54, 1.807) is 0 Å². The van der Waals surface area contributed by atoms with E-state index < -0.39 is 0 Å². The van der Waals surface area contributed by atoms with Gasteiger partial charge in [0.25, 0.3) is 0 Å². The minimum absolute atomic E-state index is 0.0232. The van der Waals surface area contributed by atoms with Crippen molar-refractivity contribution in [3.05, 3.63) is 90.5 Å². The molecule has 0 radical (unpaired) electrons. The topological polar surface area (TPSA) is 20.3 Å². The first-order chi connectivity index (χ1) is 13.5. The van der Waals surface area contributed by atoms with Gasteiger partial charge >= 0.3 is 0 Å². The number of para-hydroxylation sites is 2. The van der Waals surface area contributed by atoms with E-state index in [4.69, 9.17) is 0 Å². The molecule has 0 bridgehead atoms. The number of nitrogens with zero attached hydrogens (tertiary/aromatic N) is 1. The summed E-state index contributed by atoms with van der Waals surface area (Å²) in [5, 5.41) is 0. The van der Waals surface area contributed by atoms with Crippen LogP contribution in [0.2, 0.25) is 0 Å². The second kappa shape index (κ2) is 7.63. The van der Waals surface area contributed by atoms with Gasteiger partial charge in [-0.05, 0) is 59.7 Å². The lowest BCUT2D eigenvalue weighted by atomic mass is 9.66. The quantitative estimate of drug-likeness (QED) is 0.492. The predicted molar refractivity (Wildman–Crippen MR) is 117 cm³/mol. The van der Waals surface area contributed by atoms with Crippen LogP contribution in [-0.2, 0) is 4.79 Å². The van der Waals surface area contributed by atoms with Crippen LogP contribution in [0.1, 0.15) is 44.6 Å². The smallest absolute Gasteiger partial charge is 0.133 e. The molecular formula is C26H27NO. The average molecular weight is 370 g/mol. The summed E-state index contributed by atoms with van der Waals surface area (Å²) in [4.78, 5) is 14.2. The van der Waals surface area contributed by atoms with E-state index in [9.17, 15) is 4.79 Å². The Morgan fingerprint density at radius 2 is 1.25 bits per heavy atom. The van der Waals surface area contributed by atoms with Crippen molar-refractivity contribution in [3.8, 4) is 0 Å². The van der Waals surface area contributed by atoms with E-state index in [0.717, 1.165) is 23.5 Å². The van der Waals surface area contributed by atoms with Crippen LogP contribution in [0, 0.1) is 5.41 Å². The summed E-state index contributed by atoms with van der Waals surface area (Å²) in [5.41, 5.74) is 4.79. The van der Waals surface area contributed by atoms with Gasteiger partial charge in [-0.15, -0.1) is 0 Å². The van der Waals surface area contributed by atoms with Gasteiger partial charge < -0.3 is 4.90 Å². The van der Waals surface area contributed by atoms with E-state index in [2.05, 4.69) is 91.5 Å². The normalized spacial score (nSPS) is 18.6. The number of benzene rings is 3. The van der Waals surface area contributed by atoms with Crippen LogP contribution < -0.4 is 4.90 Å². The van der Waals surface area contributed by atoms with Crippen molar-refractivity contribution < 1.29 is 4.79 Å². The van der Waals surface area contributed by atoms with Crippen LogP contribution in [0.3, 0.4) is 0 Å². The lowest BCUT2D eigenvalue weighted by Gasteiger charge is -2.38. The third-order valence-corrected chi connectivity index (χ3v) is 5.89. The average Bonchev–Trinajstić information content (AvgIpc) is 2.70. The monoisotopic (exact) mass is 369 g/mol. The molecule has 1 aliphatic rings. The molecule has 0 spiro atoms. The Labute approximate surface area is 167 Å². The first kappa shape index (κ1) is 18.5. The number of hydrogen-bond acceptors (Lipinski definition) is 2. The van der Waals surface area contributed by atoms with Gasteiger partial charge in [0, 0.05) is 29.9 Å². The molecule has 2 nitrogen and oxygen atoms in total. The van der Waals surface area contributed by atoms with Crippen molar-refractivity contribution in [2.24, 2.45) is 5.41 Å². The molecule has 1 fully saturated rings. The number of anilines is 3. The number of ketones is 1. The van der Waals surface area contributed by atoms with Crippen molar-refractivity contribution in [1.82, 2.24) is 0 Å². The van der Waals surface area contributed by atoms with Gasteiger partial charge in [0.2, 0.25) is 0 Å². The molecule has 142 valence electrons. The van der Waals surface area contributed by atoms with Crippen molar-refractivity contribution in [2.75, 3.05) is 4.90 Å². The molecule has 1 aliphatic carbocycles. The van der Waals surface area contributed by atoms with Crippen LogP contribution in [0.25, 0.3) is 0 Å². The Morgan fingerprint density at radius 3 is 1.75 bits per heavy atom. The Hall–Kier alpha value is -2.87. The summed E-state index contributed by atoms with van der Waals surface area (Å²) < 4.78 is 0. The van der Waals surface area contributed by atoms with Gasteiger partial charge in [-0.2, -0.15) is 0 Å². The fourth-order valence-electron chi connectivity index (χ4n) is 4.49. The molecule has 1 saturated carbocycles. The fourth-order valence-corrected chi connectivity index (χ4v) is 4.49. The van der Waals surface area contributed by atoms with Crippen molar-refractivity contribution in [2.45, 2.75) is 39.0 Å². The van der Waals surface area contributed by atoms with Gasteiger partial charge in [-0.25, -0.2) is 0 Å². The lowest BCUT2D eigenvalue weighted by Crippen LogP contribution is -2.30. The van der Waals surface area contributed by atoms with Crippen molar-refractivity contribution >= 4 is 22.8 Å². The van der Waals surface area contributed by atoms with E-state index in [1.165, 1.54) is 5.56 Å². The molecule has 0 saturated heterocycles. The van der Waals surface area contributed by atoms with Crippen molar-refractivity contribution in [1.29, 1.82) is 0 Å². The summed E-state index contributed by atoms with van der Waals surface area (Å²) in [6, 6.07) is 29.8. The Kier molecular flexibility index (Phi) is 5.04. The van der Waals surface area contributed by atoms with Gasteiger partial charge in [0.1, 0.15) is 5.78 Å². The summed E-state index contributed by atoms with van der Waals surface area (Å²) >= 11 is 0. The molecule has 3 aromatic carbocycles. The van der Waals surface area contributed by atoms with Crippen LogP contribution >= 0.6 is 0 Å². The second-order valence-corrected chi connectivity index (χ2v) is 8.39. The molecule has 0 heterocycles. The maximum atomic E-state index is 11.9. The maximum absolute atomic E-state index is 11.9. The van der Waals surface area contributed by atoms with E-state index in [-0.39, 0.29) is 5.41 Å². The minimum atomic E-state index is 0.0232. The zero-order valence-electron chi connectivity index (χ0n) is 16.6. The Bertz CT molecular complexity index is 890. The zero-order valence-corrected chi connectivity index (χ0v) is 16.6. The highest BCUT2D eigenvalue weighted by Crippen LogP contribution is 2.46. The van der Waals surface area contributed by atoms with E-state index in [0.29, 0.717) is 24.5 Å². The van der Waals surface area contributed by atoms with Gasteiger partial charge in [-0.1, -0.05) is 62.4 Å². The SMILES string of the molecule is CC1(C)CC(=O)CCC1c1ccc(N(c2ccccc2)c2ccccc2)cc1. The molecule has 0 aliphatic heterocycles. The molecule has 28 heavy (non-hydrogen) atoms. The van der Waals surface area contributed by atoms with Crippen LogP contribution in [0.5, 0.6) is 0 Å². The molecule has 0 amide bonds. The first-order valence-electron chi connectivity index (χ1n) is 10.1. The first-order valence-corrected chi connectivity index (χ1v) is 10.1. The summed E-state index contributed by atoms with van der Waals surface area (Å²) in [6.07, 6.45) is 2.34. The second-order valence-electron chi connectivity index (χ2n) is 8.39. The van der Waals surface area contributed by atoms with Crippen LogP contribution in [0.15, 0.2) is 84.9 Å². The number of hydrogen-bond donors (Lipinski definition) is 0. The standard InChI is InChI=1S/C26H27NO/c1-26(2)19-24(28)17-18-25(26)20-13-15-23(16-14-20)27(21-9-5-3-6-10-21)22-11-7-4-8-12-22/h3-16,25H,17-19H2,1-2H3. The highest BCUT2D eigenvalue weighted by Gasteiger charge is 2.36. The number of carbonyl (C=O) groups is 1. The van der Waals surface area contributed by atoms with Crippen molar-refractivity contribution in [3.63, 3.8) is 0 Å². The Balaban J connectivity index is 1.68. The molecule has 4 rings (SSSR count). The fraction of sp³-hybridized carbons (Fsp3) is 0.269. The molecule has 1 atom stereocenters. The lowest BCUT2D eigenvalue weighted by molar-refractivity contribution is -0.123. The third kappa shape index (κ3) is 3.73. The van der Waals surface area contributed by atoms with Gasteiger partial charge in [0.05, 0.1) is 0 Å². The summed E-state index contributed by atoms with van der Waals surface area (Å²) in [7, 11) is 0. The van der Waals surface area contributed by atoms with Crippen LogP contribution in [0.4, 0.5) is 17.1 Å². The molecule has 1 unspecified atom stereocenters. The predicted octanol–water partition coefficient (Wildman–Crippen LogP) is 7.02. The molecule has 0 N–H and O–H groups in total. The number of Topliss-reactive ketones (excluding diaryl/α,β-unsaturated/α-hetero) is 1. The van der Waals surface area contributed by atoms with E-state index in [1.807, 2.05) is 12.1 Å². The summed E-state index contributed by atoms with van der Waals surface area (Å²) in [6.45, 7) is 4.45. The minimum Gasteiger partial charge on any atom is -0.311 e. The number of carbonyl (C=O) groups excluding carboxylic acids is 1. The maximum Gasteiger partial charge on any atom is 0.133 e. The largest absolute Gasteiger partial charge is 0.311 e. The Morgan fingerprint density at radius 1 is 0.750 bits per heavy atom. The van der Waals surface area contributed by atoms with Gasteiger partial charge in [-0.3, -0.25) is 4.79 Å². The van der Waals surface area contributed by atoms with Gasteiger partial charge in [0.15, 0.2) is 0 Å². The highest BCUT2D eigenvalue weighted by atomic mass is 16.1. The highest BCUT2D eigenvalue weighted by molar-refractivity contribution is 5.80. The third-order valence-electron chi connectivity index (χ3n) is 5.89. The molecular weight excluding hydrogens is 342 g/mol. The number of rotatable bonds is 4. The molecule has 0 aromatic heterocycles. The van der Waals surface area contributed by atoms with Crippen LogP contribution in [-0.4, -0.2) is 5.78 Å². The zero-order chi connectivity index (χ0) is 19.6. The summed E-state index contributed by atoms with van der Waals surface area (Å²) in [5.74, 6) is 0.832. The molecule has 2 heteroatoms.